The normalized spacial score (nSPS) is 30.3. The molecule has 0 saturated heterocycles. The number of hydrogen-bond donors (Lipinski definition) is 1. The lowest BCUT2D eigenvalue weighted by Crippen LogP contribution is -2.57. The van der Waals surface area contributed by atoms with Crippen molar-refractivity contribution in [3.05, 3.63) is 0 Å². The van der Waals surface area contributed by atoms with Crippen molar-refractivity contribution < 1.29 is 0 Å². The minimum Gasteiger partial charge on any atom is -0.329 e. The van der Waals surface area contributed by atoms with E-state index in [2.05, 4.69) is 46.6 Å². The molecular weight excluding hydrogens is 244 g/mol. The molecular formula is C18H38N2. The van der Waals surface area contributed by atoms with E-state index >= 15 is 0 Å². The van der Waals surface area contributed by atoms with Crippen LogP contribution in [0, 0.1) is 11.3 Å². The molecule has 1 rings (SSSR count). The summed E-state index contributed by atoms with van der Waals surface area (Å²) < 4.78 is 0. The van der Waals surface area contributed by atoms with Crippen LogP contribution in [0.2, 0.25) is 0 Å². The van der Waals surface area contributed by atoms with Gasteiger partial charge in [-0.2, -0.15) is 0 Å². The molecule has 1 fully saturated rings. The number of nitrogens with two attached hydrogens (primary N) is 1. The van der Waals surface area contributed by atoms with Crippen LogP contribution in [0.3, 0.4) is 0 Å². The molecule has 3 atom stereocenters. The van der Waals surface area contributed by atoms with Crippen LogP contribution in [0.1, 0.15) is 79.6 Å². The monoisotopic (exact) mass is 282 g/mol. The fraction of sp³-hybridized carbons (Fsp3) is 1.00. The largest absolute Gasteiger partial charge is 0.329 e. The van der Waals surface area contributed by atoms with Crippen molar-refractivity contribution in [1.29, 1.82) is 0 Å². The molecule has 0 spiro atoms. The smallest absolute Gasteiger partial charge is 0.0331 e. The Morgan fingerprint density at radius 3 is 2.40 bits per heavy atom. The third-order valence-corrected chi connectivity index (χ3v) is 5.93. The molecule has 0 radical (unpaired) electrons. The summed E-state index contributed by atoms with van der Waals surface area (Å²) in [7, 11) is 2.31. The number of hydrogen-bond acceptors (Lipinski definition) is 2. The van der Waals surface area contributed by atoms with Gasteiger partial charge in [-0.25, -0.2) is 0 Å². The molecule has 20 heavy (non-hydrogen) atoms. The average Bonchev–Trinajstić information content (AvgIpc) is 2.60. The molecule has 2 heteroatoms. The predicted molar refractivity (Wildman–Crippen MR) is 89.9 cm³/mol. The molecule has 2 N–H and O–H groups in total. The van der Waals surface area contributed by atoms with Gasteiger partial charge in [0.15, 0.2) is 0 Å². The predicted octanol–water partition coefficient (Wildman–Crippen LogP) is 4.43. The summed E-state index contributed by atoms with van der Waals surface area (Å²) in [6.07, 6.45) is 9.42. The fourth-order valence-electron chi connectivity index (χ4n) is 3.85. The molecule has 3 unspecified atom stereocenters. The van der Waals surface area contributed by atoms with E-state index < -0.39 is 0 Å². The highest BCUT2D eigenvalue weighted by Gasteiger charge is 2.40. The first-order valence-corrected chi connectivity index (χ1v) is 8.70. The number of nitrogens with zero attached hydrogens (tertiary/aromatic N) is 1. The van der Waals surface area contributed by atoms with E-state index in [1.807, 2.05) is 0 Å². The second-order valence-electron chi connectivity index (χ2n) is 8.17. The van der Waals surface area contributed by atoms with Gasteiger partial charge >= 0.3 is 0 Å². The molecule has 0 bridgehead atoms. The Balaban J connectivity index is 2.81. The Morgan fingerprint density at radius 2 is 1.90 bits per heavy atom. The van der Waals surface area contributed by atoms with Crippen molar-refractivity contribution in [3.63, 3.8) is 0 Å². The summed E-state index contributed by atoms with van der Waals surface area (Å²) in [4.78, 5) is 2.61. The van der Waals surface area contributed by atoms with Gasteiger partial charge in [0.05, 0.1) is 0 Å². The lowest BCUT2D eigenvalue weighted by atomic mass is 9.80. The maximum Gasteiger partial charge on any atom is 0.0331 e. The van der Waals surface area contributed by atoms with E-state index in [0.29, 0.717) is 11.5 Å². The quantitative estimate of drug-likeness (QED) is 0.756. The summed E-state index contributed by atoms with van der Waals surface area (Å²) >= 11 is 0. The van der Waals surface area contributed by atoms with Crippen molar-refractivity contribution in [1.82, 2.24) is 4.90 Å². The molecule has 1 aliphatic carbocycles. The van der Waals surface area contributed by atoms with Gasteiger partial charge in [-0.1, -0.05) is 53.4 Å². The fourth-order valence-corrected chi connectivity index (χ4v) is 3.85. The zero-order valence-corrected chi connectivity index (χ0v) is 14.8. The maximum atomic E-state index is 6.27. The Morgan fingerprint density at radius 1 is 1.25 bits per heavy atom. The summed E-state index contributed by atoms with van der Waals surface area (Å²) in [5.74, 6) is 0.937. The van der Waals surface area contributed by atoms with Crippen LogP contribution in [0.4, 0.5) is 0 Å². The van der Waals surface area contributed by atoms with E-state index in [1.165, 1.54) is 44.9 Å². The second kappa shape index (κ2) is 7.26. The van der Waals surface area contributed by atoms with Gasteiger partial charge in [0.1, 0.15) is 0 Å². The minimum atomic E-state index is 0.231. The zero-order valence-electron chi connectivity index (χ0n) is 14.8. The molecule has 0 aromatic rings. The van der Waals surface area contributed by atoms with Crippen molar-refractivity contribution in [3.8, 4) is 0 Å². The standard InChI is InChI=1S/C18H38N2/c1-7-9-16-10-8-12-18(14-19,13-11-16)20(6)15(2)17(3,4)5/h15-16H,7-14,19H2,1-6H3. The molecule has 0 amide bonds. The molecule has 0 heterocycles. The van der Waals surface area contributed by atoms with E-state index in [9.17, 15) is 0 Å². The van der Waals surface area contributed by atoms with Gasteiger partial charge in [0.2, 0.25) is 0 Å². The van der Waals surface area contributed by atoms with E-state index in [4.69, 9.17) is 5.73 Å². The van der Waals surface area contributed by atoms with Gasteiger partial charge < -0.3 is 5.73 Å². The maximum absolute atomic E-state index is 6.27. The Kier molecular flexibility index (Phi) is 6.53. The van der Waals surface area contributed by atoms with Gasteiger partial charge in [0, 0.05) is 18.1 Å². The first-order valence-electron chi connectivity index (χ1n) is 8.70. The molecule has 0 aromatic heterocycles. The Labute approximate surface area is 127 Å². The third-order valence-electron chi connectivity index (χ3n) is 5.93. The van der Waals surface area contributed by atoms with Crippen LogP contribution >= 0.6 is 0 Å². The molecule has 2 nitrogen and oxygen atoms in total. The van der Waals surface area contributed by atoms with Crippen molar-refractivity contribution >= 4 is 0 Å². The molecule has 0 aliphatic heterocycles. The van der Waals surface area contributed by atoms with Crippen LogP contribution in [0.25, 0.3) is 0 Å². The summed E-state index contributed by atoms with van der Waals surface area (Å²) in [6.45, 7) is 12.5. The van der Waals surface area contributed by atoms with E-state index in [1.54, 1.807) is 0 Å². The Hall–Kier alpha value is -0.0800. The lowest BCUT2D eigenvalue weighted by Gasteiger charge is -2.48. The number of rotatable bonds is 5. The highest BCUT2D eigenvalue weighted by atomic mass is 15.2. The molecule has 120 valence electrons. The number of likely N-dealkylation sites (N-methyl/N-ethyl adjacent to an activating group) is 1. The van der Waals surface area contributed by atoms with E-state index in [-0.39, 0.29) is 5.54 Å². The highest BCUT2D eigenvalue weighted by Crippen LogP contribution is 2.38. The average molecular weight is 283 g/mol. The van der Waals surface area contributed by atoms with Crippen LogP contribution in [-0.4, -0.2) is 30.1 Å². The molecule has 0 aromatic carbocycles. The van der Waals surface area contributed by atoms with Crippen LogP contribution in [-0.2, 0) is 0 Å². The Bertz CT molecular complexity index is 282. The first kappa shape index (κ1) is 18.0. The van der Waals surface area contributed by atoms with Gasteiger partial charge in [-0.3, -0.25) is 4.90 Å². The summed E-state index contributed by atoms with van der Waals surface area (Å²) in [6, 6.07) is 0.564. The first-order chi connectivity index (χ1) is 9.27. The van der Waals surface area contributed by atoms with Crippen molar-refractivity contribution in [2.24, 2.45) is 17.1 Å². The molecule has 1 saturated carbocycles. The zero-order chi connectivity index (χ0) is 15.4. The summed E-state index contributed by atoms with van der Waals surface area (Å²) in [5.41, 5.74) is 6.81. The topological polar surface area (TPSA) is 29.3 Å². The van der Waals surface area contributed by atoms with Crippen molar-refractivity contribution in [2.45, 2.75) is 91.1 Å². The van der Waals surface area contributed by atoms with Crippen LogP contribution in [0.5, 0.6) is 0 Å². The second-order valence-corrected chi connectivity index (χ2v) is 8.17. The van der Waals surface area contributed by atoms with Crippen LogP contribution in [0.15, 0.2) is 0 Å². The third kappa shape index (κ3) is 4.21. The highest BCUT2D eigenvalue weighted by molar-refractivity contribution is 4.96. The van der Waals surface area contributed by atoms with Gasteiger partial charge in [-0.05, 0) is 44.6 Å². The van der Waals surface area contributed by atoms with Crippen LogP contribution < -0.4 is 5.73 Å². The van der Waals surface area contributed by atoms with Crippen molar-refractivity contribution in [2.75, 3.05) is 13.6 Å². The minimum absolute atomic E-state index is 0.231. The SMILES string of the molecule is CCCC1CCCC(CN)(N(C)C(C)C(C)(C)C)CC1. The molecule has 1 aliphatic rings. The summed E-state index contributed by atoms with van der Waals surface area (Å²) in [5, 5.41) is 0. The van der Waals surface area contributed by atoms with Gasteiger partial charge in [0.25, 0.3) is 0 Å². The van der Waals surface area contributed by atoms with Gasteiger partial charge in [-0.15, -0.1) is 0 Å². The van der Waals surface area contributed by atoms with E-state index in [0.717, 1.165) is 12.5 Å². The lowest BCUT2D eigenvalue weighted by molar-refractivity contribution is 0.0206.